The number of nitrogens with zero attached hydrogens (tertiary/aromatic N) is 1. The van der Waals surface area contributed by atoms with E-state index in [1.807, 2.05) is 0 Å². The van der Waals surface area contributed by atoms with Crippen molar-refractivity contribution >= 4 is 6.03 Å². The van der Waals surface area contributed by atoms with Gasteiger partial charge in [-0.25, -0.2) is 9.18 Å². The average Bonchev–Trinajstić information content (AvgIpc) is 2.95. The number of rotatable bonds is 5. The topological polar surface area (TPSA) is 61.8 Å². The molecule has 0 aromatic heterocycles. The number of carbonyl (C=O) groups is 1. The minimum atomic E-state index is -3.08. The summed E-state index contributed by atoms with van der Waals surface area (Å²) < 4.78 is 42.9. The number of urea groups is 1. The van der Waals surface area contributed by atoms with Gasteiger partial charge in [-0.15, -0.1) is 0 Å². The van der Waals surface area contributed by atoms with E-state index in [0.29, 0.717) is 13.0 Å². The first-order valence-corrected chi connectivity index (χ1v) is 7.69. The van der Waals surface area contributed by atoms with Crippen LogP contribution in [0.15, 0.2) is 18.2 Å². The molecular formula is C16H21F3N2O3. The van der Waals surface area contributed by atoms with Crippen LogP contribution in [-0.4, -0.2) is 40.8 Å². The summed E-state index contributed by atoms with van der Waals surface area (Å²) in [4.78, 5) is 13.8. The van der Waals surface area contributed by atoms with Crippen LogP contribution >= 0.6 is 0 Å². The number of likely N-dealkylation sites (tertiary alicyclic amines) is 1. The molecule has 2 rings (SSSR count). The Bertz CT molecular complexity index is 590. The fraction of sp³-hybridized carbons (Fsp3) is 0.562. The first-order chi connectivity index (χ1) is 11.2. The van der Waals surface area contributed by atoms with Crippen LogP contribution in [0.3, 0.4) is 0 Å². The fourth-order valence-corrected chi connectivity index (χ4v) is 2.93. The van der Waals surface area contributed by atoms with Crippen molar-refractivity contribution in [2.45, 2.75) is 51.5 Å². The largest absolute Gasteiger partial charge is 0.434 e. The molecule has 8 heteroatoms. The van der Waals surface area contributed by atoms with E-state index in [-0.39, 0.29) is 23.9 Å². The van der Waals surface area contributed by atoms with Gasteiger partial charge in [0.05, 0.1) is 18.2 Å². The zero-order valence-corrected chi connectivity index (χ0v) is 13.6. The van der Waals surface area contributed by atoms with Gasteiger partial charge in [-0.1, -0.05) is 6.07 Å². The molecule has 0 spiro atoms. The van der Waals surface area contributed by atoms with E-state index in [0.717, 1.165) is 12.5 Å². The van der Waals surface area contributed by atoms with E-state index in [1.54, 1.807) is 13.8 Å². The Morgan fingerprint density at radius 2 is 2.21 bits per heavy atom. The Labute approximate surface area is 138 Å². The Morgan fingerprint density at radius 3 is 2.83 bits per heavy atom. The standard InChI is InChI=1S/C16H21F3N2O3/c1-16(2,23)13-7-4-8-21(13)15(22)20-9-10-11(17)5-3-6-12(10)24-14(18)19/h3,5-6,13-14,23H,4,7-9H2,1-2H3,(H,20,22). The summed E-state index contributed by atoms with van der Waals surface area (Å²) in [6.45, 7) is 0.337. The van der Waals surface area contributed by atoms with Gasteiger partial charge < -0.3 is 20.1 Å². The van der Waals surface area contributed by atoms with E-state index in [4.69, 9.17) is 0 Å². The zero-order chi connectivity index (χ0) is 17.9. The number of alkyl halides is 2. The second-order valence-corrected chi connectivity index (χ2v) is 6.26. The lowest BCUT2D eigenvalue weighted by Crippen LogP contribution is -2.51. The third-order valence-corrected chi connectivity index (χ3v) is 4.04. The second kappa shape index (κ2) is 7.29. The van der Waals surface area contributed by atoms with Gasteiger partial charge in [-0.2, -0.15) is 8.78 Å². The van der Waals surface area contributed by atoms with Crippen molar-refractivity contribution < 1.29 is 27.8 Å². The number of aliphatic hydroxyl groups is 1. The smallest absolute Gasteiger partial charge is 0.387 e. The van der Waals surface area contributed by atoms with E-state index < -0.39 is 24.1 Å². The molecule has 1 aliphatic heterocycles. The van der Waals surface area contributed by atoms with Crippen LogP contribution in [0.25, 0.3) is 0 Å². The van der Waals surface area contributed by atoms with E-state index in [2.05, 4.69) is 10.1 Å². The maximum Gasteiger partial charge on any atom is 0.387 e. The van der Waals surface area contributed by atoms with Crippen LogP contribution in [0.4, 0.5) is 18.0 Å². The molecule has 1 heterocycles. The normalized spacial score (nSPS) is 18.1. The average molecular weight is 346 g/mol. The molecule has 1 unspecified atom stereocenters. The zero-order valence-electron chi connectivity index (χ0n) is 13.6. The van der Waals surface area contributed by atoms with Crippen LogP contribution in [0.5, 0.6) is 5.75 Å². The molecule has 2 amide bonds. The number of benzene rings is 1. The van der Waals surface area contributed by atoms with Crippen LogP contribution in [0, 0.1) is 5.82 Å². The molecule has 0 aliphatic carbocycles. The second-order valence-electron chi connectivity index (χ2n) is 6.26. The predicted octanol–water partition coefficient (Wildman–Crippen LogP) is 2.87. The molecule has 1 saturated heterocycles. The highest BCUT2D eigenvalue weighted by Crippen LogP contribution is 2.27. The van der Waals surface area contributed by atoms with Gasteiger partial charge in [0.25, 0.3) is 0 Å². The van der Waals surface area contributed by atoms with Crippen molar-refractivity contribution in [2.75, 3.05) is 6.54 Å². The number of ether oxygens (including phenoxy) is 1. The van der Waals surface area contributed by atoms with Crippen molar-refractivity contribution in [3.8, 4) is 5.75 Å². The number of nitrogens with one attached hydrogen (secondary N) is 1. The van der Waals surface area contributed by atoms with Crippen molar-refractivity contribution in [2.24, 2.45) is 0 Å². The number of hydrogen-bond donors (Lipinski definition) is 2. The first-order valence-electron chi connectivity index (χ1n) is 7.69. The summed E-state index contributed by atoms with van der Waals surface area (Å²) in [5, 5.41) is 12.6. The van der Waals surface area contributed by atoms with Gasteiger partial charge in [0.1, 0.15) is 11.6 Å². The highest BCUT2D eigenvalue weighted by molar-refractivity contribution is 5.75. The number of halogens is 3. The highest BCUT2D eigenvalue weighted by atomic mass is 19.3. The minimum absolute atomic E-state index is 0.148. The summed E-state index contributed by atoms with van der Waals surface area (Å²) in [7, 11) is 0. The van der Waals surface area contributed by atoms with Gasteiger partial charge in [-0.3, -0.25) is 0 Å². The molecule has 1 aromatic rings. The third-order valence-electron chi connectivity index (χ3n) is 4.04. The summed E-state index contributed by atoms with van der Waals surface area (Å²) >= 11 is 0. The van der Waals surface area contributed by atoms with Crippen LogP contribution in [0.1, 0.15) is 32.3 Å². The highest BCUT2D eigenvalue weighted by Gasteiger charge is 2.38. The Morgan fingerprint density at radius 1 is 1.50 bits per heavy atom. The van der Waals surface area contributed by atoms with Crippen molar-refractivity contribution in [1.29, 1.82) is 0 Å². The molecule has 0 saturated carbocycles. The van der Waals surface area contributed by atoms with E-state index in [9.17, 15) is 23.1 Å². The Balaban J connectivity index is 2.07. The summed E-state index contributed by atoms with van der Waals surface area (Å²) in [6.07, 6.45) is 1.41. The summed E-state index contributed by atoms with van der Waals surface area (Å²) in [5.74, 6) is -1.06. The lowest BCUT2D eigenvalue weighted by Gasteiger charge is -2.33. The maximum atomic E-state index is 13.9. The fourth-order valence-electron chi connectivity index (χ4n) is 2.93. The molecule has 1 aromatic carbocycles. The Hall–Kier alpha value is -1.96. The van der Waals surface area contributed by atoms with Crippen molar-refractivity contribution in [3.63, 3.8) is 0 Å². The lowest BCUT2D eigenvalue weighted by atomic mass is 9.97. The van der Waals surface area contributed by atoms with Crippen LogP contribution in [-0.2, 0) is 6.54 Å². The van der Waals surface area contributed by atoms with Crippen LogP contribution < -0.4 is 10.1 Å². The molecule has 0 bridgehead atoms. The van der Waals surface area contributed by atoms with Gasteiger partial charge >= 0.3 is 12.6 Å². The summed E-state index contributed by atoms with van der Waals surface area (Å²) in [6, 6.07) is 2.74. The van der Waals surface area contributed by atoms with E-state index >= 15 is 0 Å². The maximum absolute atomic E-state index is 13.9. The predicted molar refractivity (Wildman–Crippen MR) is 81.3 cm³/mol. The number of amides is 2. The first kappa shape index (κ1) is 18.4. The quantitative estimate of drug-likeness (QED) is 0.862. The molecule has 1 aliphatic rings. The molecule has 5 nitrogen and oxygen atoms in total. The van der Waals surface area contributed by atoms with Gasteiger partial charge in [0, 0.05) is 12.1 Å². The van der Waals surface area contributed by atoms with Crippen LogP contribution in [0.2, 0.25) is 0 Å². The Kier molecular flexibility index (Phi) is 5.58. The third kappa shape index (κ3) is 4.31. The molecule has 134 valence electrons. The molecule has 0 radical (unpaired) electrons. The van der Waals surface area contributed by atoms with Gasteiger partial charge in [0.2, 0.25) is 0 Å². The van der Waals surface area contributed by atoms with Crippen molar-refractivity contribution in [3.05, 3.63) is 29.6 Å². The monoisotopic (exact) mass is 346 g/mol. The van der Waals surface area contributed by atoms with Gasteiger partial charge in [0.15, 0.2) is 0 Å². The molecule has 1 atom stereocenters. The van der Waals surface area contributed by atoms with E-state index in [1.165, 1.54) is 17.0 Å². The molecule has 2 N–H and O–H groups in total. The minimum Gasteiger partial charge on any atom is -0.434 e. The number of carbonyl (C=O) groups excluding carboxylic acids is 1. The lowest BCUT2D eigenvalue weighted by molar-refractivity contribution is -0.0506. The summed E-state index contributed by atoms with van der Waals surface area (Å²) in [5.41, 5.74) is -1.21. The van der Waals surface area contributed by atoms with Gasteiger partial charge in [-0.05, 0) is 38.8 Å². The molecular weight excluding hydrogens is 325 g/mol. The number of hydrogen-bond acceptors (Lipinski definition) is 3. The molecule has 1 fully saturated rings. The van der Waals surface area contributed by atoms with Crippen molar-refractivity contribution in [1.82, 2.24) is 10.2 Å². The SMILES string of the molecule is CC(C)(O)C1CCCN1C(=O)NCc1c(F)cccc1OC(F)F. The molecule has 24 heavy (non-hydrogen) atoms.